The van der Waals surface area contributed by atoms with Crippen molar-refractivity contribution in [1.29, 1.82) is 0 Å². The van der Waals surface area contributed by atoms with Crippen molar-refractivity contribution in [2.24, 2.45) is 5.92 Å². The summed E-state index contributed by atoms with van der Waals surface area (Å²) in [5.41, 5.74) is 2.18. The van der Waals surface area contributed by atoms with Gasteiger partial charge < -0.3 is 20.4 Å². The number of piperidine rings is 1. The number of carbonyl (C=O) groups is 2. The predicted molar refractivity (Wildman–Crippen MR) is 115 cm³/mol. The molecule has 6 heteroatoms. The number of hydrogen-bond acceptors (Lipinski definition) is 3. The van der Waals surface area contributed by atoms with E-state index in [-0.39, 0.29) is 11.9 Å². The van der Waals surface area contributed by atoms with Gasteiger partial charge in [0.1, 0.15) is 0 Å². The zero-order valence-electron chi connectivity index (χ0n) is 17.8. The molecule has 3 rings (SSSR count). The molecule has 0 aromatic heterocycles. The SMILES string of the molecule is CC1CCN(CCCCNC(=O)NCc2cccc(CN3CCCC3=O)c2)CC1. The standard InChI is InChI=1S/C23H36N4O2/c1-19-9-14-26(15-10-19)12-3-2-11-24-23(29)25-17-20-6-4-7-21(16-20)18-27-13-5-8-22(27)28/h4,6-7,16,19H,2-3,5,8-15,17-18H2,1H3,(H2,24,25,29). The second-order valence-corrected chi connectivity index (χ2v) is 8.58. The first-order valence-corrected chi connectivity index (χ1v) is 11.2. The van der Waals surface area contributed by atoms with Gasteiger partial charge in [-0.25, -0.2) is 4.79 Å². The minimum atomic E-state index is -0.114. The number of urea groups is 1. The summed E-state index contributed by atoms with van der Waals surface area (Å²) in [7, 11) is 0. The molecule has 2 saturated heterocycles. The van der Waals surface area contributed by atoms with Crippen molar-refractivity contribution in [3.63, 3.8) is 0 Å². The number of hydrogen-bond donors (Lipinski definition) is 2. The molecule has 0 saturated carbocycles. The lowest BCUT2D eigenvalue weighted by molar-refractivity contribution is -0.128. The quantitative estimate of drug-likeness (QED) is 0.626. The molecule has 6 nitrogen and oxygen atoms in total. The number of nitrogens with zero attached hydrogens (tertiary/aromatic N) is 2. The molecular weight excluding hydrogens is 364 g/mol. The molecule has 0 spiro atoms. The molecule has 0 bridgehead atoms. The average molecular weight is 401 g/mol. The highest BCUT2D eigenvalue weighted by molar-refractivity contribution is 5.78. The fourth-order valence-electron chi connectivity index (χ4n) is 4.12. The van der Waals surface area contributed by atoms with Crippen molar-refractivity contribution in [2.45, 2.75) is 58.5 Å². The number of likely N-dealkylation sites (tertiary alicyclic amines) is 2. The highest BCUT2D eigenvalue weighted by Gasteiger charge is 2.20. The van der Waals surface area contributed by atoms with Gasteiger partial charge in [-0.15, -0.1) is 0 Å². The van der Waals surface area contributed by atoms with Crippen LogP contribution in [0.5, 0.6) is 0 Å². The Morgan fingerprint density at radius 2 is 1.90 bits per heavy atom. The van der Waals surface area contributed by atoms with E-state index in [9.17, 15) is 9.59 Å². The van der Waals surface area contributed by atoms with Crippen LogP contribution in [0.2, 0.25) is 0 Å². The summed E-state index contributed by atoms with van der Waals surface area (Å²) < 4.78 is 0. The van der Waals surface area contributed by atoms with Gasteiger partial charge in [-0.05, 0) is 68.8 Å². The van der Waals surface area contributed by atoms with Crippen LogP contribution in [0.25, 0.3) is 0 Å². The van der Waals surface area contributed by atoms with Crippen molar-refractivity contribution < 1.29 is 9.59 Å². The lowest BCUT2D eigenvalue weighted by atomic mass is 9.99. The Morgan fingerprint density at radius 1 is 1.10 bits per heavy atom. The van der Waals surface area contributed by atoms with E-state index in [1.807, 2.05) is 23.1 Å². The van der Waals surface area contributed by atoms with E-state index >= 15 is 0 Å². The van der Waals surface area contributed by atoms with Gasteiger partial charge in [-0.3, -0.25) is 4.79 Å². The smallest absolute Gasteiger partial charge is 0.315 e. The number of rotatable bonds is 9. The van der Waals surface area contributed by atoms with Crippen LogP contribution in [0.1, 0.15) is 56.6 Å². The largest absolute Gasteiger partial charge is 0.338 e. The van der Waals surface area contributed by atoms with Crippen LogP contribution >= 0.6 is 0 Å². The summed E-state index contributed by atoms with van der Waals surface area (Å²) in [5, 5.41) is 5.89. The van der Waals surface area contributed by atoms with E-state index in [1.165, 1.54) is 25.9 Å². The maximum absolute atomic E-state index is 12.0. The van der Waals surface area contributed by atoms with Crippen LogP contribution in [0.3, 0.4) is 0 Å². The van der Waals surface area contributed by atoms with Crippen LogP contribution in [0.15, 0.2) is 24.3 Å². The zero-order chi connectivity index (χ0) is 20.5. The molecule has 0 unspecified atom stereocenters. The molecule has 160 valence electrons. The van der Waals surface area contributed by atoms with E-state index in [0.717, 1.165) is 49.4 Å². The Morgan fingerprint density at radius 3 is 2.66 bits per heavy atom. The average Bonchev–Trinajstić information content (AvgIpc) is 3.12. The minimum absolute atomic E-state index is 0.114. The Balaban J connectivity index is 1.28. The summed E-state index contributed by atoms with van der Waals surface area (Å²) >= 11 is 0. The van der Waals surface area contributed by atoms with Crippen LogP contribution in [0, 0.1) is 5.92 Å². The molecule has 0 radical (unpaired) electrons. The fourth-order valence-corrected chi connectivity index (χ4v) is 4.12. The summed E-state index contributed by atoms with van der Waals surface area (Å²) in [6.07, 6.45) is 6.40. The molecule has 0 atom stereocenters. The van der Waals surface area contributed by atoms with Gasteiger partial charge in [0.05, 0.1) is 0 Å². The zero-order valence-corrected chi connectivity index (χ0v) is 17.8. The summed E-state index contributed by atoms with van der Waals surface area (Å²) in [4.78, 5) is 28.3. The van der Waals surface area contributed by atoms with Gasteiger partial charge >= 0.3 is 6.03 Å². The summed E-state index contributed by atoms with van der Waals surface area (Å²) in [6, 6.07) is 8.00. The highest BCUT2D eigenvalue weighted by Crippen LogP contribution is 2.16. The third-order valence-corrected chi connectivity index (χ3v) is 6.05. The number of carbonyl (C=O) groups excluding carboxylic acids is 2. The van der Waals surface area contributed by atoms with Crippen LogP contribution in [-0.4, -0.2) is 54.5 Å². The lowest BCUT2D eigenvalue weighted by Gasteiger charge is -2.30. The van der Waals surface area contributed by atoms with Crippen LogP contribution < -0.4 is 10.6 Å². The summed E-state index contributed by atoms with van der Waals surface area (Å²) in [5.74, 6) is 1.11. The lowest BCUT2D eigenvalue weighted by Crippen LogP contribution is -2.36. The molecule has 2 aliphatic rings. The van der Waals surface area contributed by atoms with E-state index in [0.29, 0.717) is 26.1 Å². The van der Waals surface area contributed by atoms with E-state index in [1.54, 1.807) is 0 Å². The van der Waals surface area contributed by atoms with Crippen LogP contribution in [-0.2, 0) is 17.9 Å². The van der Waals surface area contributed by atoms with E-state index in [4.69, 9.17) is 0 Å². The Labute approximate surface area is 175 Å². The minimum Gasteiger partial charge on any atom is -0.338 e. The monoisotopic (exact) mass is 400 g/mol. The normalized spacial score (nSPS) is 18.2. The Kier molecular flexibility index (Phi) is 8.35. The molecule has 2 fully saturated rings. The van der Waals surface area contributed by atoms with Crippen molar-refractivity contribution in [3.8, 4) is 0 Å². The van der Waals surface area contributed by atoms with Crippen molar-refractivity contribution in [2.75, 3.05) is 32.7 Å². The number of nitrogens with one attached hydrogen (secondary N) is 2. The maximum atomic E-state index is 12.0. The first-order chi connectivity index (χ1) is 14.1. The molecule has 2 heterocycles. The number of unbranched alkanes of at least 4 members (excludes halogenated alkanes) is 1. The van der Waals surface area contributed by atoms with Crippen molar-refractivity contribution in [3.05, 3.63) is 35.4 Å². The Hall–Kier alpha value is -2.08. The van der Waals surface area contributed by atoms with Gasteiger partial charge in [0.2, 0.25) is 5.91 Å². The maximum Gasteiger partial charge on any atom is 0.315 e. The van der Waals surface area contributed by atoms with Gasteiger partial charge in [0, 0.05) is 32.6 Å². The van der Waals surface area contributed by atoms with Gasteiger partial charge in [0.25, 0.3) is 0 Å². The molecular formula is C23H36N4O2. The topological polar surface area (TPSA) is 64.7 Å². The second-order valence-electron chi connectivity index (χ2n) is 8.58. The molecule has 2 aliphatic heterocycles. The van der Waals surface area contributed by atoms with Crippen LogP contribution in [0.4, 0.5) is 4.79 Å². The van der Waals surface area contributed by atoms with Crippen molar-refractivity contribution in [1.82, 2.24) is 20.4 Å². The highest BCUT2D eigenvalue weighted by atomic mass is 16.2. The molecule has 1 aromatic rings. The van der Waals surface area contributed by atoms with Gasteiger partial charge in [-0.2, -0.15) is 0 Å². The molecule has 1 aromatic carbocycles. The van der Waals surface area contributed by atoms with E-state index < -0.39 is 0 Å². The van der Waals surface area contributed by atoms with Gasteiger partial charge in [-0.1, -0.05) is 31.2 Å². The number of amides is 3. The first-order valence-electron chi connectivity index (χ1n) is 11.2. The molecule has 0 aliphatic carbocycles. The third kappa shape index (κ3) is 7.35. The Bertz CT molecular complexity index is 671. The third-order valence-electron chi connectivity index (χ3n) is 6.05. The predicted octanol–water partition coefficient (Wildman–Crippen LogP) is 3.12. The van der Waals surface area contributed by atoms with Crippen molar-refractivity contribution >= 4 is 11.9 Å². The first kappa shape index (κ1) is 21.6. The van der Waals surface area contributed by atoms with E-state index in [2.05, 4.69) is 28.5 Å². The molecule has 29 heavy (non-hydrogen) atoms. The number of benzene rings is 1. The summed E-state index contributed by atoms with van der Waals surface area (Å²) in [6.45, 7) is 8.65. The molecule has 3 amide bonds. The fraction of sp³-hybridized carbons (Fsp3) is 0.652. The van der Waals surface area contributed by atoms with Gasteiger partial charge in [0.15, 0.2) is 0 Å². The second kappa shape index (κ2) is 11.2. The molecule has 2 N–H and O–H groups in total.